The molecule has 1 aliphatic heterocycles. The minimum Gasteiger partial charge on any atom is -0.454 e. The van der Waals surface area contributed by atoms with Gasteiger partial charge in [0, 0.05) is 29.7 Å². The molecule has 11 nitrogen and oxygen atoms in total. The minimum atomic E-state index is -0.724. The van der Waals surface area contributed by atoms with Crippen molar-refractivity contribution in [3.8, 4) is 11.3 Å². The van der Waals surface area contributed by atoms with Gasteiger partial charge in [-0.1, -0.05) is 12.1 Å². The van der Waals surface area contributed by atoms with Crippen LogP contribution in [0, 0.1) is 19.8 Å². The first-order valence-corrected chi connectivity index (χ1v) is 13.4. The molecule has 1 saturated carbocycles. The number of ether oxygens (including phenoxy) is 2. The number of hydrogen-bond donors (Lipinski definition) is 3. The van der Waals surface area contributed by atoms with Crippen LogP contribution in [0.15, 0.2) is 33.3 Å². The lowest BCUT2D eigenvalue weighted by atomic mass is 10.1. The number of aromatic nitrogens is 4. The summed E-state index contributed by atoms with van der Waals surface area (Å²) < 4.78 is 23.9. The third-order valence-electron chi connectivity index (χ3n) is 7.40. The maximum absolute atomic E-state index is 10.1. The molecule has 0 aromatic carbocycles. The summed E-state index contributed by atoms with van der Waals surface area (Å²) in [5, 5.41) is 22.0. The second-order valence-electron chi connectivity index (χ2n) is 10.8. The highest BCUT2D eigenvalue weighted by molar-refractivity contribution is 5.86. The van der Waals surface area contributed by atoms with E-state index in [-0.39, 0.29) is 30.8 Å². The Labute approximate surface area is 226 Å². The number of anilines is 2. The van der Waals surface area contributed by atoms with Crippen molar-refractivity contribution in [3.05, 3.63) is 47.2 Å². The molecule has 6 rings (SSSR count). The highest BCUT2D eigenvalue weighted by Gasteiger charge is 2.54. The molecule has 39 heavy (non-hydrogen) atoms. The second kappa shape index (κ2) is 9.89. The monoisotopic (exact) mass is 534 g/mol. The molecule has 4 atom stereocenters. The fourth-order valence-electron chi connectivity index (χ4n) is 5.61. The Morgan fingerprint density at radius 3 is 2.64 bits per heavy atom. The third kappa shape index (κ3) is 4.97. The number of pyridine rings is 1. The van der Waals surface area contributed by atoms with E-state index in [1.165, 1.54) is 0 Å². The Hall–Kier alpha value is -3.54. The van der Waals surface area contributed by atoms with Gasteiger partial charge < -0.3 is 34.2 Å². The Balaban J connectivity index is 1.37. The first-order chi connectivity index (χ1) is 18.7. The predicted octanol–water partition coefficient (Wildman–Crippen LogP) is 4.38. The molecule has 5 heterocycles. The van der Waals surface area contributed by atoms with Gasteiger partial charge in [-0.3, -0.25) is 4.98 Å². The summed E-state index contributed by atoms with van der Waals surface area (Å²) in [7, 11) is 0. The number of fused-ring (bicyclic) bond motifs is 2. The standard InChI is InChI=1S/C28H34N6O5/c1-6-18-8-16-10-21(36-22(16)12-29-18)23-15(3)31-27(30-11-19-7-14(2)39-34-19)33-26(23)32-20-9-17(13-35)24-25(20)38-28(4,5)37-24/h7-8,10,12,17,20,24-25,35H,6,9,11,13H2,1-5H3,(H2,30,31,32,33)/t17-,20-,24-,25+/m1/s1. The van der Waals surface area contributed by atoms with E-state index >= 15 is 0 Å². The molecule has 0 radical (unpaired) electrons. The van der Waals surface area contributed by atoms with Crippen LogP contribution in [0.4, 0.5) is 11.8 Å². The van der Waals surface area contributed by atoms with Crippen molar-refractivity contribution in [2.75, 3.05) is 17.2 Å². The molecule has 0 amide bonds. The molecule has 1 saturated heterocycles. The molecule has 2 fully saturated rings. The van der Waals surface area contributed by atoms with Crippen molar-refractivity contribution in [1.82, 2.24) is 20.1 Å². The van der Waals surface area contributed by atoms with Crippen LogP contribution in [0.25, 0.3) is 22.3 Å². The molecule has 206 valence electrons. The van der Waals surface area contributed by atoms with Gasteiger partial charge in [0.05, 0.1) is 36.1 Å². The summed E-state index contributed by atoms with van der Waals surface area (Å²) in [4.78, 5) is 14.1. The van der Waals surface area contributed by atoms with Crippen molar-refractivity contribution in [2.45, 2.75) is 78.0 Å². The minimum absolute atomic E-state index is 0.0225. The maximum Gasteiger partial charge on any atom is 0.225 e. The molecular formula is C28H34N6O5. The SMILES string of the molecule is CCc1cc2cc(-c3c(C)nc(NCc4cc(C)on4)nc3N[C@@H]3C[C@H](CO)[C@H]4OC(C)(C)O[C@H]43)oc2cn1. The highest BCUT2D eigenvalue weighted by Crippen LogP contribution is 2.43. The summed E-state index contributed by atoms with van der Waals surface area (Å²) in [5.74, 6) is 1.68. The maximum atomic E-state index is 10.1. The molecule has 0 unspecified atom stereocenters. The van der Waals surface area contributed by atoms with E-state index in [0.29, 0.717) is 36.1 Å². The zero-order valence-electron chi connectivity index (χ0n) is 22.8. The van der Waals surface area contributed by atoms with E-state index in [4.69, 9.17) is 28.4 Å². The number of furan rings is 1. The van der Waals surface area contributed by atoms with Crippen LogP contribution in [0.5, 0.6) is 0 Å². The smallest absolute Gasteiger partial charge is 0.225 e. The Morgan fingerprint density at radius 2 is 1.90 bits per heavy atom. The van der Waals surface area contributed by atoms with E-state index < -0.39 is 5.79 Å². The average Bonchev–Trinajstić information content (AvgIpc) is 3.65. The average molecular weight is 535 g/mol. The molecule has 0 bridgehead atoms. The van der Waals surface area contributed by atoms with Crippen LogP contribution in [0.3, 0.4) is 0 Å². The van der Waals surface area contributed by atoms with E-state index in [1.54, 1.807) is 6.20 Å². The predicted molar refractivity (Wildman–Crippen MR) is 144 cm³/mol. The van der Waals surface area contributed by atoms with Gasteiger partial charge >= 0.3 is 0 Å². The molecule has 0 spiro atoms. The molecule has 3 N–H and O–H groups in total. The molecule has 11 heteroatoms. The normalized spacial score (nSPS) is 23.8. The lowest BCUT2D eigenvalue weighted by molar-refractivity contribution is -0.158. The zero-order chi connectivity index (χ0) is 27.3. The highest BCUT2D eigenvalue weighted by atomic mass is 16.8. The van der Waals surface area contributed by atoms with Gasteiger partial charge in [0.15, 0.2) is 11.4 Å². The lowest BCUT2D eigenvalue weighted by Crippen LogP contribution is -2.35. The van der Waals surface area contributed by atoms with Gasteiger partial charge in [0.1, 0.15) is 29.1 Å². The Kier molecular flexibility index (Phi) is 6.52. The van der Waals surface area contributed by atoms with E-state index in [9.17, 15) is 5.11 Å². The topological polar surface area (TPSA) is 141 Å². The van der Waals surface area contributed by atoms with Crippen molar-refractivity contribution in [2.24, 2.45) is 5.92 Å². The summed E-state index contributed by atoms with van der Waals surface area (Å²) in [6, 6.07) is 5.78. The molecule has 4 aromatic heterocycles. The van der Waals surface area contributed by atoms with Gasteiger partial charge in [-0.05, 0) is 52.7 Å². The van der Waals surface area contributed by atoms with Crippen LogP contribution in [-0.2, 0) is 22.4 Å². The summed E-state index contributed by atoms with van der Waals surface area (Å²) >= 11 is 0. The number of aryl methyl sites for hydroxylation is 3. The van der Waals surface area contributed by atoms with Crippen molar-refractivity contribution in [1.29, 1.82) is 0 Å². The van der Waals surface area contributed by atoms with E-state index in [2.05, 4.69) is 27.7 Å². The first-order valence-electron chi connectivity index (χ1n) is 13.4. The quantitative estimate of drug-likeness (QED) is 0.297. The molecule has 4 aromatic rings. The van der Waals surface area contributed by atoms with Crippen LogP contribution in [-0.4, -0.2) is 55.9 Å². The molecule has 1 aliphatic carbocycles. The Morgan fingerprint density at radius 1 is 1.08 bits per heavy atom. The zero-order valence-corrected chi connectivity index (χ0v) is 22.8. The number of rotatable bonds is 8. The van der Waals surface area contributed by atoms with Gasteiger partial charge in [-0.25, -0.2) is 4.98 Å². The first kappa shape index (κ1) is 25.7. The number of aliphatic hydroxyl groups is 1. The van der Waals surface area contributed by atoms with Crippen LogP contribution in [0.2, 0.25) is 0 Å². The van der Waals surface area contributed by atoms with Crippen LogP contribution in [0.1, 0.15) is 50.0 Å². The Bertz CT molecular complexity index is 1500. The number of nitrogens with one attached hydrogen (secondary N) is 2. The molecular weight excluding hydrogens is 500 g/mol. The van der Waals surface area contributed by atoms with Gasteiger partial charge in [-0.2, -0.15) is 4.98 Å². The molecule has 2 aliphatic rings. The summed E-state index contributed by atoms with van der Waals surface area (Å²) in [5.41, 5.74) is 3.95. The fourth-order valence-corrected chi connectivity index (χ4v) is 5.61. The summed E-state index contributed by atoms with van der Waals surface area (Å²) in [6.07, 6.45) is 2.84. The van der Waals surface area contributed by atoms with Crippen molar-refractivity contribution < 1.29 is 23.5 Å². The van der Waals surface area contributed by atoms with Crippen LogP contribution < -0.4 is 10.6 Å². The third-order valence-corrected chi connectivity index (χ3v) is 7.40. The number of aliphatic hydroxyl groups excluding tert-OH is 1. The largest absolute Gasteiger partial charge is 0.454 e. The van der Waals surface area contributed by atoms with Gasteiger partial charge in [0.2, 0.25) is 5.95 Å². The number of nitrogens with zero attached hydrogens (tertiary/aromatic N) is 4. The van der Waals surface area contributed by atoms with Gasteiger partial charge in [0.25, 0.3) is 0 Å². The van der Waals surface area contributed by atoms with Gasteiger partial charge in [-0.15, -0.1) is 0 Å². The lowest BCUT2D eigenvalue weighted by Gasteiger charge is -2.25. The second-order valence-corrected chi connectivity index (χ2v) is 10.8. The summed E-state index contributed by atoms with van der Waals surface area (Å²) in [6.45, 7) is 10.1. The van der Waals surface area contributed by atoms with E-state index in [1.807, 2.05) is 45.9 Å². The van der Waals surface area contributed by atoms with Crippen molar-refractivity contribution in [3.63, 3.8) is 0 Å². The van der Waals surface area contributed by atoms with Crippen molar-refractivity contribution >= 4 is 22.7 Å². The fraction of sp³-hybridized carbons (Fsp3) is 0.500. The van der Waals surface area contributed by atoms with Crippen LogP contribution >= 0.6 is 0 Å². The van der Waals surface area contributed by atoms with E-state index in [0.717, 1.165) is 40.2 Å². The number of hydrogen-bond acceptors (Lipinski definition) is 11.